The van der Waals surface area contributed by atoms with Crippen LogP contribution in [0, 0.1) is 5.92 Å². The first-order valence-corrected chi connectivity index (χ1v) is 8.11. The van der Waals surface area contributed by atoms with E-state index in [0.29, 0.717) is 25.6 Å². The molecule has 0 aliphatic rings. The van der Waals surface area contributed by atoms with E-state index >= 15 is 0 Å². The van der Waals surface area contributed by atoms with Gasteiger partial charge in [0.2, 0.25) is 0 Å². The van der Waals surface area contributed by atoms with Crippen LogP contribution in [0.3, 0.4) is 0 Å². The van der Waals surface area contributed by atoms with Gasteiger partial charge in [0.1, 0.15) is 0 Å². The van der Waals surface area contributed by atoms with Crippen molar-refractivity contribution in [3.05, 3.63) is 0 Å². The van der Waals surface area contributed by atoms with Crippen molar-refractivity contribution in [2.45, 2.75) is 38.5 Å². The summed E-state index contributed by atoms with van der Waals surface area (Å²) in [4.78, 5) is 0. The van der Waals surface area contributed by atoms with Crippen LogP contribution < -0.4 is 5.32 Å². The molecule has 0 amide bonds. The zero-order chi connectivity index (χ0) is 14.4. The fourth-order valence-electron chi connectivity index (χ4n) is 1.17. The van der Waals surface area contributed by atoms with Gasteiger partial charge in [-0.25, -0.2) is 8.42 Å². The van der Waals surface area contributed by atoms with Gasteiger partial charge in [-0.05, 0) is 19.8 Å². The number of ether oxygens (including phenoxy) is 1. The van der Waals surface area contributed by atoms with Gasteiger partial charge in [-0.2, -0.15) is 0 Å². The Morgan fingerprint density at radius 3 is 2.28 bits per heavy atom. The first kappa shape index (κ1) is 17.8. The van der Waals surface area contributed by atoms with Crippen molar-refractivity contribution in [1.29, 1.82) is 0 Å². The molecule has 0 fully saturated rings. The molecule has 5 nitrogen and oxygen atoms in total. The Hall–Kier alpha value is -0.170. The molecule has 0 heterocycles. The molecule has 110 valence electrons. The predicted molar refractivity (Wildman–Crippen MR) is 73.5 cm³/mol. The molecule has 0 radical (unpaired) electrons. The highest BCUT2D eigenvalue weighted by molar-refractivity contribution is 7.92. The van der Waals surface area contributed by atoms with E-state index in [2.05, 4.69) is 5.32 Å². The quantitative estimate of drug-likeness (QED) is 0.641. The lowest BCUT2D eigenvalue weighted by molar-refractivity contribution is 0.0261. The molecule has 1 atom stereocenters. The van der Waals surface area contributed by atoms with Gasteiger partial charge in [0, 0.05) is 26.0 Å². The smallest absolute Gasteiger partial charge is 0.153 e. The average molecular weight is 281 g/mol. The Morgan fingerprint density at radius 1 is 1.28 bits per heavy atom. The maximum Gasteiger partial charge on any atom is 0.153 e. The van der Waals surface area contributed by atoms with Gasteiger partial charge in [0.25, 0.3) is 0 Å². The lowest BCUT2D eigenvalue weighted by Gasteiger charge is -2.23. The SMILES string of the molecule is CC(C)COCC(O)CNCC(C)(C)S(C)(=O)=O. The van der Waals surface area contributed by atoms with Crippen LogP contribution in [-0.4, -0.2) is 56.9 Å². The summed E-state index contributed by atoms with van der Waals surface area (Å²) in [6.45, 7) is 8.94. The van der Waals surface area contributed by atoms with Crippen LogP contribution in [0.25, 0.3) is 0 Å². The van der Waals surface area contributed by atoms with Crippen LogP contribution in [0.1, 0.15) is 27.7 Å². The number of sulfone groups is 1. The van der Waals surface area contributed by atoms with Gasteiger partial charge in [0.05, 0.1) is 17.5 Å². The molecule has 2 N–H and O–H groups in total. The van der Waals surface area contributed by atoms with Gasteiger partial charge >= 0.3 is 0 Å². The highest BCUT2D eigenvalue weighted by Crippen LogP contribution is 2.13. The summed E-state index contributed by atoms with van der Waals surface area (Å²) in [6, 6.07) is 0. The normalized spacial score (nSPS) is 15.1. The largest absolute Gasteiger partial charge is 0.389 e. The summed E-state index contributed by atoms with van der Waals surface area (Å²) in [5, 5.41) is 12.6. The number of hydrogen-bond acceptors (Lipinski definition) is 5. The Labute approximate surface area is 111 Å². The van der Waals surface area contributed by atoms with Crippen LogP contribution in [0.4, 0.5) is 0 Å². The average Bonchev–Trinajstić information content (AvgIpc) is 2.14. The number of hydrogen-bond donors (Lipinski definition) is 2. The molecule has 0 saturated heterocycles. The summed E-state index contributed by atoms with van der Waals surface area (Å²) >= 11 is 0. The topological polar surface area (TPSA) is 75.6 Å². The molecule has 0 aromatic carbocycles. The van der Waals surface area contributed by atoms with E-state index in [9.17, 15) is 13.5 Å². The molecule has 0 saturated carbocycles. The van der Waals surface area contributed by atoms with Crippen molar-refractivity contribution in [3.63, 3.8) is 0 Å². The molecule has 0 spiro atoms. The van der Waals surface area contributed by atoms with E-state index < -0.39 is 20.7 Å². The summed E-state index contributed by atoms with van der Waals surface area (Å²) in [5.41, 5.74) is 0. The van der Waals surface area contributed by atoms with Crippen molar-refractivity contribution >= 4 is 9.84 Å². The van der Waals surface area contributed by atoms with E-state index in [4.69, 9.17) is 4.74 Å². The monoisotopic (exact) mass is 281 g/mol. The van der Waals surface area contributed by atoms with Crippen molar-refractivity contribution in [3.8, 4) is 0 Å². The molecule has 0 aromatic rings. The highest BCUT2D eigenvalue weighted by atomic mass is 32.2. The van der Waals surface area contributed by atoms with Crippen LogP contribution in [0.5, 0.6) is 0 Å². The van der Waals surface area contributed by atoms with Crippen molar-refractivity contribution in [2.75, 3.05) is 32.6 Å². The number of rotatable bonds is 9. The Morgan fingerprint density at radius 2 is 1.83 bits per heavy atom. The van der Waals surface area contributed by atoms with Crippen LogP contribution >= 0.6 is 0 Å². The molecular weight excluding hydrogens is 254 g/mol. The number of aliphatic hydroxyl groups is 1. The summed E-state index contributed by atoms with van der Waals surface area (Å²) in [6.07, 6.45) is 0.607. The van der Waals surface area contributed by atoms with Crippen molar-refractivity contribution in [2.24, 2.45) is 5.92 Å². The van der Waals surface area contributed by atoms with Gasteiger partial charge in [-0.15, -0.1) is 0 Å². The molecule has 0 rings (SSSR count). The molecule has 1 unspecified atom stereocenters. The minimum absolute atomic E-state index is 0.268. The molecular formula is C12H27NO4S. The highest BCUT2D eigenvalue weighted by Gasteiger charge is 2.29. The molecule has 18 heavy (non-hydrogen) atoms. The third-order valence-corrected chi connectivity index (χ3v) is 4.85. The van der Waals surface area contributed by atoms with E-state index in [0.717, 1.165) is 0 Å². The second kappa shape index (κ2) is 7.43. The number of nitrogens with one attached hydrogen (secondary N) is 1. The maximum atomic E-state index is 11.4. The van der Waals surface area contributed by atoms with Gasteiger partial charge in [0.15, 0.2) is 9.84 Å². The summed E-state index contributed by atoms with van der Waals surface area (Å²) < 4.78 is 27.4. The van der Waals surface area contributed by atoms with Gasteiger partial charge in [-0.3, -0.25) is 0 Å². The van der Waals surface area contributed by atoms with E-state index in [1.165, 1.54) is 6.26 Å². The fraction of sp³-hybridized carbons (Fsp3) is 1.00. The molecule has 0 aliphatic carbocycles. The zero-order valence-corrected chi connectivity index (χ0v) is 12.9. The van der Waals surface area contributed by atoms with Crippen LogP contribution in [0.15, 0.2) is 0 Å². The molecule has 6 heteroatoms. The second-order valence-electron chi connectivity index (χ2n) is 5.75. The van der Waals surface area contributed by atoms with E-state index in [1.54, 1.807) is 13.8 Å². The number of aliphatic hydroxyl groups excluding tert-OH is 1. The molecule has 0 aromatic heterocycles. The van der Waals surface area contributed by atoms with Gasteiger partial charge in [-0.1, -0.05) is 13.8 Å². The minimum Gasteiger partial charge on any atom is -0.389 e. The first-order chi connectivity index (χ1) is 8.06. The molecule has 0 aliphatic heterocycles. The lowest BCUT2D eigenvalue weighted by Crippen LogP contribution is -2.44. The standard InChI is InChI=1S/C12H27NO4S/c1-10(2)7-17-8-11(14)6-13-9-12(3,4)18(5,15)16/h10-11,13-14H,6-9H2,1-5H3. The summed E-state index contributed by atoms with van der Waals surface area (Å²) in [7, 11) is -3.10. The fourth-order valence-corrected chi connectivity index (χ4v) is 1.53. The summed E-state index contributed by atoms with van der Waals surface area (Å²) in [5.74, 6) is 0.439. The third kappa shape index (κ3) is 7.31. The Kier molecular flexibility index (Phi) is 7.36. The first-order valence-electron chi connectivity index (χ1n) is 6.22. The van der Waals surface area contributed by atoms with Crippen molar-refractivity contribution < 1.29 is 18.3 Å². The Bertz CT molecular complexity index is 325. The van der Waals surface area contributed by atoms with Crippen LogP contribution in [-0.2, 0) is 14.6 Å². The maximum absolute atomic E-state index is 11.4. The predicted octanol–water partition coefficient (Wildman–Crippen LogP) is 0.433. The molecule has 0 bridgehead atoms. The van der Waals surface area contributed by atoms with E-state index in [-0.39, 0.29) is 6.61 Å². The van der Waals surface area contributed by atoms with E-state index in [1.807, 2.05) is 13.8 Å². The Balaban J connectivity index is 3.84. The van der Waals surface area contributed by atoms with Gasteiger partial charge < -0.3 is 15.2 Å². The van der Waals surface area contributed by atoms with Crippen molar-refractivity contribution in [1.82, 2.24) is 5.32 Å². The second-order valence-corrected chi connectivity index (χ2v) is 8.40. The van der Waals surface area contributed by atoms with Crippen LogP contribution in [0.2, 0.25) is 0 Å². The third-order valence-electron chi connectivity index (χ3n) is 2.70. The minimum atomic E-state index is -3.10. The lowest BCUT2D eigenvalue weighted by atomic mass is 10.2. The zero-order valence-electron chi connectivity index (χ0n) is 12.1.